The maximum absolute atomic E-state index is 12.2. The number of halogens is 1. The standard InChI is InChI=1S/C21H23ClO5/c1-13(2)18-5-4-14(3)6-19(18)25-11-20(23)26-10-16-8-17(22)7-15-9-24-12-27-21(15)16/h4-8,13H,9-12H2,1-3H3. The molecule has 0 unspecified atom stereocenters. The fraction of sp³-hybridized carbons (Fsp3) is 0.381. The molecule has 0 radical (unpaired) electrons. The summed E-state index contributed by atoms with van der Waals surface area (Å²) in [5, 5.41) is 0.548. The highest BCUT2D eigenvalue weighted by atomic mass is 35.5. The first kappa shape index (κ1) is 19.5. The number of aryl methyl sites for hydroxylation is 1. The fourth-order valence-corrected chi connectivity index (χ4v) is 3.21. The average molecular weight is 391 g/mol. The van der Waals surface area contributed by atoms with Crippen LogP contribution in [0.25, 0.3) is 0 Å². The minimum absolute atomic E-state index is 0.0654. The zero-order valence-corrected chi connectivity index (χ0v) is 16.5. The maximum atomic E-state index is 12.2. The van der Waals surface area contributed by atoms with E-state index in [1.165, 1.54) is 0 Å². The molecule has 0 saturated heterocycles. The summed E-state index contributed by atoms with van der Waals surface area (Å²) >= 11 is 6.12. The molecule has 0 bridgehead atoms. The van der Waals surface area contributed by atoms with Gasteiger partial charge < -0.3 is 18.9 Å². The van der Waals surface area contributed by atoms with Gasteiger partial charge in [0.25, 0.3) is 0 Å². The number of carbonyl (C=O) groups is 1. The Morgan fingerprint density at radius 3 is 2.85 bits per heavy atom. The number of fused-ring (bicyclic) bond motifs is 1. The van der Waals surface area contributed by atoms with Crippen LogP contribution in [-0.2, 0) is 27.5 Å². The second kappa shape index (κ2) is 8.63. The van der Waals surface area contributed by atoms with Crippen LogP contribution in [-0.4, -0.2) is 19.4 Å². The summed E-state index contributed by atoms with van der Waals surface area (Å²) in [5.41, 5.74) is 3.70. The molecule has 27 heavy (non-hydrogen) atoms. The largest absolute Gasteiger partial charge is 0.482 e. The van der Waals surface area contributed by atoms with Gasteiger partial charge in [0, 0.05) is 16.1 Å². The molecule has 6 heteroatoms. The zero-order valence-electron chi connectivity index (χ0n) is 15.7. The van der Waals surface area contributed by atoms with Gasteiger partial charge in [-0.3, -0.25) is 0 Å². The van der Waals surface area contributed by atoms with E-state index in [9.17, 15) is 4.79 Å². The second-order valence-corrected chi connectivity index (χ2v) is 7.25. The van der Waals surface area contributed by atoms with Gasteiger partial charge in [-0.15, -0.1) is 0 Å². The molecule has 2 aromatic rings. The SMILES string of the molecule is Cc1ccc(C(C)C)c(OCC(=O)OCc2cc(Cl)cc3c2OCOC3)c1. The van der Waals surface area contributed by atoms with Gasteiger partial charge >= 0.3 is 5.97 Å². The van der Waals surface area contributed by atoms with E-state index in [-0.39, 0.29) is 20.0 Å². The van der Waals surface area contributed by atoms with Crippen LogP contribution in [0.2, 0.25) is 5.02 Å². The molecular weight excluding hydrogens is 368 g/mol. The van der Waals surface area contributed by atoms with E-state index in [1.807, 2.05) is 25.1 Å². The Morgan fingerprint density at radius 2 is 2.07 bits per heavy atom. The van der Waals surface area contributed by atoms with Crippen LogP contribution in [0.1, 0.15) is 42.0 Å². The Bertz CT molecular complexity index is 832. The van der Waals surface area contributed by atoms with Crippen molar-refractivity contribution in [3.05, 3.63) is 57.6 Å². The summed E-state index contributed by atoms with van der Waals surface area (Å²) in [6.45, 7) is 6.66. The Balaban J connectivity index is 1.62. The zero-order chi connectivity index (χ0) is 19.4. The van der Waals surface area contributed by atoms with Gasteiger partial charge in [0.2, 0.25) is 0 Å². The summed E-state index contributed by atoms with van der Waals surface area (Å²) in [6.07, 6.45) is 0. The third-order valence-corrected chi connectivity index (χ3v) is 4.50. The molecule has 0 saturated carbocycles. The molecule has 144 valence electrons. The number of hydrogen-bond donors (Lipinski definition) is 0. The van der Waals surface area contributed by atoms with Crippen LogP contribution in [0.15, 0.2) is 30.3 Å². The predicted molar refractivity (Wildman–Crippen MR) is 102 cm³/mol. The number of rotatable bonds is 6. The maximum Gasteiger partial charge on any atom is 0.344 e. The highest BCUT2D eigenvalue weighted by Gasteiger charge is 2.18. The molecule has 0 N–H and O–H groups in total. The Kier molecular flexibility index (Phi) is 6.24. The van der Waals surface area contributed by atoms with Crippen LogP contribution in [0.3, 0.4) is 0 Å². The van der Waals surface area contributed by atoms with Crippen molar-refractivity contribution in [3.8, 4) is 11.5 Å². The lowest BCUT2D eigenvalue weighted by atomic mass is 10.0. The van der Waals surface area contributed by atoms with Crippen LogP contribution in [0.5, 0.6) is 11.5 Å². The van der Waals surface area contributed by atoms with Crippen molar-refractivity contribution in [2.45, 2.75) is 39.9 Å². The molecule has 1 aliphatic heterocycles. The van der Waals surface area contributed by atoms with Gasteiger partial charge in [0.05, 0.1) is 6.61 Å². The third kappa shape index (κ3) is 4.93. The van der Waals surface area contributed by atoms with Crippen molar-refractivity contribution in [2.75, 3.05) is 13.4 Å². The Hall–Kier alpha value is -2.24. The van der Waals surface area contributed by atoms with Crippen molar-refractivity contribution in [2.24, 2.45) is 0 Å². The number of esters is 1. The summed E-state index contributed by atoms with van der Waals surface area (Å²) < 4.78 is 21.8. The highest BCUT2D eigenvalue weighted by molar-refractivity contribution is 6.30. The van der Waals surface area contributed by atoms with Gasteiger partial charge in [-0.2, -0.15) is 0 Å². The molecule has 5 nitrogen and oxygen atoms in total. The van der Waals surface area contributed by atoms with E-state index in [4.69, 9.17) is 30.5 Å². The minimum Gasteiger partial charge on any atom is -0.482 e. The molecule has 0 aliphatic carbocycles. The lowest BCUT2D eigenvalue weighted by molar-refractivity contribution is -0.147. The van der Waals surface area contributed by atoms with Crippen LogP contribution in [0, 0.1) is 6.92 Å². The first-order valence-corrected chi connectivity index (χ1v) is 9.22. The number of ether oxygens (including phenoxy) is 4. The Morgan fingerprint density at radius 1 is 1.26 bits per heavy atom. The van der Waals surface area contributed by atoms with Gasteiger partial charge in [-0.1, -0.05) is 37.6 Å². The van der Waals surface area contributed by atoms with Crippen LogP contribution >= 0.6 is 11.6 Å². The summed E-state index contributed by atoms with van der Waals surface area (Å²) in [6, 6.07) is 9.52. The van der Waals surface area contributed by atoms with Crippen molar-refractivity contribution >= 4 is 17.6 Å². The third-order valence-electron chi connectivity index (χ3n) is 4.28. The van der Waals surface area contributed by atoms with Crippen molar-refractivity contribution in [1.82, 2.24) is 0 Å². The lowest BCUT2D eigenvalue weighted by Gasteiger charge is -2.21. The van der Waals surface area contributed by atoms with E-state index in [1.54, 1.807) is 12.1 Å². The fourth-order valence-electron chi connectivity index (χ4n) is 2.94. The number of benzene rings is 2. The molecule has 0 amide bonds. The molecule has 1 heterocycles. The predicted octanol–water partition coefficient (Wildman–Crippen LogP) is 4.76. The summed E-state index contributed by atoms with van der Waals surface area (Å²) in [7, 11) is 0. The van der Waals surface area contributed by atoms with Crippen molar-refractivity contribution in [1.29, 1.82) is 0 Å². The smallest absolute Gasteiger partial charge is 0.344 e. The van der Waals surface area contributed by atoms with Crippen molar-refractivity contribution in [3.63, 3.8) is 0 Å². The van der Waals surface area contributed by atoms with Crippen LogP contribution < -0.4 is 9.47 Å². The van der Waals surface area contributed by atoms with Gasteiger partial charge in [-0.25, -0.2) is 4.79 Å². The van der Waals surface area contributed by atoms with Gasteiger partial charge in [0.15, 0.2) is 13.4 Å². The lowest BCUT2D eigenvalue weighted by Crippen LogP contribution is -2.17. The summed E-state index contributed by atoms with van der Waals surface area (Å²) in [5.74, 6) is 1.23. The molecule has 0 aromatic heterocycles. The van der Waals surface area contributed by atoms with E-state index >= 15 is 0 Å². The van der Waals surface area contributed by atoms with Crippen LogP contribution in [0.4, 0.5) is 0 Å². The van der Waals surface area contributed by atoms with Crippen molar-refractivity contribution < 1.29 is 23.7 Å². The highest BCUT2D eigenvalue weighted by Crippen LogP contribution is 2.32. The molecular formula is C21H23ClO5. The molecule has 0 fully saturated rings. The van der Waals surface area contributed by atoms with E-state index in [2.05, 4.69) is 13.8 Å². The first-order chi connectivity index (χ1) is 12.9. The van der Waals surface area contributed by atoms with E-state index in [0.29, 0.717) is 34.6 Å². The summed E-state index contributed by atoms with van der Waals surface area (Å²) in [4.78, 5) is 12.2. The molecule has 0 spiro atoms. The quantitative estimate of drug-likeness (QED) is 0.665. The Labute approximate surface area is 164 Å². The minimum atomic E-state index is -0.452. The molecule has 0 atom stereocenters. The molecule has 1 aliphatic rings. The normalized spacial score (nSPS) is 13.1. The number of hydrogen-bond acceptors (Lipinski definition) is 5. The first-order valence-electron chi connectivity index (χ1n) is 8.85. The monoisotopic (exact) mass is 390 g/mol. The number of carbonyl (C=O) groups excluding carboxylic acids is 1. The van der Waals surface area contributed by atoms with Gasteiger partial charge in [-0.05, 0) is 42.2 Å². The second-order valence-electron chi connectivity index (χ2n) is 6.81. The van der Waals surface area contributed by atoms with E-state index in [0.717, 1.165) is 16.7 Å². The molecule has 2 aromatic carbocycles. The average Bonchev–Trinajstić information content (AvgIpc) is 2.64. The van der Waals surface area contributed by atoms with Gasteiger partial charge in [0.1, 0.15) is 18.1 Å². The topological polar surface area (TPSA) is 54.0 Å². The molecule has 3 rings (SSSR count). The van der Waals surface area contributed by atoms with E-state index < -0.39 is 5.97 Å².